The summed E-state index contributed by atoms with van der Waals surface area (Å²) in [5, 5.41) is 18.5. The van der Waals surface area contributed by atoms with Crippen LogP contribution in [0, 0.1) is 6.92 Å². The van der Waals surface area contributed by atoms with E-state index in [1.807, 2.05) is 6.92 Å². The van der Waals surface area contributed by atoms with Crippen LogP contribution in [0.5, 0.6) is 11.5 Å². The number of rotatable bonds is 9. The molecule has 1 aromatic heterocycles. The van der Waals surface area contributed by atoms with Crippen LogP contribution in [0.3, 0.4) is 0 Å². The van der Waals surface area contributed by atoms with E-state index < -0.39 is 6.10 Å². The largest absolute Gasteiger partial charge is 0.497 e. The van der Waals surface area contributed by atoms with Crippen LogP contribution in [0.4, 0.5) is 0 Å². The number of para-hydroxylation sites is 1. The first-order valence-corrected chi connectivity index (χ1v) is 10.5. The summed E-state index contributed by atoms with van der Waals surface area (Å²) in [5.41, 5.74) is 4.35. The fourth-order valence-corrected chi connectivity index (χ4v) is 3.60. The number of nitrogens with zero attached hydrogens (tertiary/aromatic N) is 1. The zero-order valence-corrected chi connectivity index (χ0v) is 18.7. The van der Waals surface area contributed by atoms with Gasteiger partial charge in [-0.25, -0.2) is 0 Å². The van der Waals surface area contributed by atoms with Crippen molar-refractivity contribution in [2.45, 2.75) is 26.4 Å². The number of aliphatic hydroxyl groups excluding tert-OH is 1. The molecule has 0 aliphatic heterocycles. The number of benzene rings is 2. The Balaban J connectivity index is 1.64. The van der Waals surface area contributed by atoms with Gasteiger partial charge in [0.25, 0.3) is 0 Å². The summed E-state index contributed by atoms with van der Waals surface area (Å²) < 4.78 is 10.6. The lowest BCUT2D eigenvalue weighted by Gasteiger charge is -2.16. The Morgan fingerprint density at radius 3 is 2.74 bits per heavy atom. The molecular weight excluding hydrogens is 392 g/mol. The molecular formula is C24H32N4O3. The van der Waals surface area contributed by atoms with Gasteiger partial charge in [0.15, 0.2) is 5.96 Å². The van der Waals surface area contributed by atoms with E-state index in [4.69, 9.17) is 9.47 Å². The highest BCUT2D eigenvalue weighted by molar-refractivity contribution is 5.86. The first-order valence-electron chi connectivity index (χ1n) is 10.5. The van der Waals surface area contributed by atoms with Crippen molar-refractivity contribution in [3.63, 3.8) is 0 Å². The summed E-state index contributed by atoms with van der Waals surface area (Å²) in [7, 11) is 3.18. The summed E-state index contributed by atoms with van der Waals surface area (Å²) in [4.78, 5) is 7.93. The summed E-state index contributed by atoms with van der Waals surface area (Å²) in [5.74, 6) is 1.94. The monoisotopic (exact) mass is 424 g/mol. The number of H-pyrrole nitrogens is 1. The van der Waals surface area contributed by atoms with Crippen molar-refractivity contribution < 1.29 is 14.6 Å². The van der Waals surface area contributed by atoms with Crippen molar-refractivity contribution in [3.05, 3.63) is 59.3 Å². The maximum atomic E-state index is 10.7. The smallest absolute Gasteiger partial charge is 0.191 e. The van der Waals surface area contributed by atoms with Crippen LogP contribution in [0.2, 0.25) is 0 Å². The zero-order valence-electron chi connectivity index (χ0n) is 18.7. The van der Waals surface area contributed by atoms with E-state index in [0.29, 0.717) is 23.0 Å². The molecule has 7 nitrogen and oxygen atoms in total. The minimum atomic E-state index is -0.808. The number of guanidine groups is 1. The van der Waals surface area contributed by atoms with E-state index in [2.05, 4.69) is 51.9 Å². The molecule has 31 heavy (non-hydrogen) atoms. The molecule has 1 unspecified atom stereocenters. The molecule has 0 aliphatic carbocycles. The molecule has 0 fully saturated rings. The van der Waals surface area contributed by atoms with E-state index in [-0.39, 0.29) is 6.54 Å². The molecule has 0 aliphatic rings. The first kappa shape index (κ1) is 22.5. The number of hydrogen-bond donors (Lipinski definition) is 4. The Morgan fingerprint density at radius 2 is 2.00 bits per heavy atom. The average Bonchev–Trinajstić information content (AvgIpc) is 3.21. The molecule has 4 N–H and O–H groups in total. The highest BCUT2D eigenvalue weighted by Gasteiger charge is 2.15. The summed E-state index contributed by atoms with van der Waals surface area (Å²) in [6.07, 6.45) is 2.12. The number of methoxy groups -OCH3 is 2. The van der Waals surface area contributed by atoms with Crippen molar-refractivity contribution in [1.82, 2.24) is 15.6 Å². The fraction of sp³-hybridized carbons (Fsp3) is 0.375. The Labute approximate surface area is 183 Å². The van der Waals surface area contributed by atoms with Gasteiger partial charge in [0.05, 0.1) is 20.8 Å². The van der Waals surface area contributed by atoms with Crippen LogP contribution in [-0.4, -0.2) is 49.9 Å². The Kier molecular flexibility index (Phi) is 7.78. The minimum absolute atomic E-state index is 0.200. The van der Waals surface area contributed by atoms with E-state index in [9.17, 15) is 5.11 Å². The number of aromatic nitrogens is 1. The third-order valence-corrected chi connectivity index (χ3v) is 5.26. The number of aromatic amines is 1. The number of aliphatic hydroxyl groups is 1. The lowest BCUT2D eigenvalue weighted by Crippen LogP contribution is -2.38. The molecule has 0 bridgehead atoms. The van der Waals surface area contributed by atoms with Gasteiger partial charge in [0, 0.05) is 35.8 Å². The molecule has 0 amide bonds. The van der Waals surface area contributed by atoms with E-state index in [0.717, 1.165) is 19.5 Å². The van der Waals surface area contributed by atoms with Crippen molar-refractivity contribution in [1.29, 1.82) is 0 Å². The molecule has 0 spiro atoms. The molecule has 166 valence electrons. The average molecular weight is 425 g/mol. The van der Waals surface area contributed by atoms with Crippen LogP contribution < -0.4 is 20.1 Å². The van der Waals surface area contributed by atoms with Crippen LogP contribution in [0.15, 0.2) is 47.6 Å². The summed E-state index contributed by atoms with van der Waals surface area (Å²) in [6, 6.07) is 11.7. The van der Waals surface area contributed by atoms with Gasteiger partial charge < -0.3 is 30.2 Å². The minimum Gasteiger partial charge on any atom is -0.497 e. The normalized spacial score (nSPS) is 12.6. The number of ether oxygens (including phenoxy) is 2. The lowest BCUT2D eigenvalue weighted by atomic mass is 10.1. The third kappa shape index (κ3) is 5.49. The summed E-state index contributed by atoms with van der Waals surface area (Å²) >= 11 is 0. The van der Waals surface area contributed by atoms with E-state index in [1.165, 1.54) is 22.0 Å². The Bertz CT molecular complexity index is 1030. The highest BCUT2D eigenvalue weighted by atomic mass is 16.5. The lowest BCUT2D eigenvalue weighted by molar-refractivity contribution is 0.182. The number of hydrogen-bond acceptors (Lipinski definition) is 4. The third-order valence-electron chi connectivity index (χ3n) is 5.26. The van der Waals surface area contributed by atoms with Gasteiger partial charge in [-0.05, 0) is 49.6 Å². The van der Waals surface area contributed by atoms with Gasteiger partial charge in [0.2, 0.25) is 0 Å². The number of aryl methyl sites for hydroxylation is 1. The van der Waals surface area contributed by atoms with Crippen molar-refractivity contribution in [2.24, 2.45) is 4.99 Å². The quantitative estimate of drug-likeness (QED) is 0.312. The predicted octanol–water partition coefficient (Wildman–Crippen LogP) is 3.32. The van der Waals surface area contributed by atoms with E-state index in [1.54, 1.807) is 32.4 Å². The van der Waals surface area contributed by atoms with Crippen molar-refractivity contribution in [2.75, 3.05) is 33.9 Å². The molecule has 0 saturated carbocycles. The van der Waals surface area contributed by atoms with Gasteiger partial charge in [-0.15, -0.1) is 0 Å². The fourth-order valence-electron chi connectivity index (χ4n) is 3.60. The zero-order chi connectivity index (χ0) is 22.2. The first-order chi connectivity index (χ1) is 15.1. The van der Waals surface area contributed by atoms with Crippen LogP contribution >= 0.6 is 0 Å². The number of fused-ring (bicyclic) bond motifs is 1. The second-order valence-electron chi connectivity index (χ2n) is 7.33. The predicted molar refractivity (Wildman–Crippen MR) is 125 cm³/mol. The molecule has 3 rings (SSSR count). The number of nitrogens with one attached hydrogen (secondary N) is 3. The topological polar surface area (TPSA) is 90.9 Å². The van der Waals surface area contributed by atoms with Gasteiger partial charge in [-0.1, -0.05) is 18.2 Å². The molecule has 0 radical (unpaired) electrons. The molecule has 1 heterocycles. The highest BCUT2D eigenvalue weighted by Crippen LogP contribution is 2.29. The van der Waals surface area contributed by atoms with Crippen LogP contribution in [-0.2, 0) is 6.42 Å². The van der Waals surface area contributed by atoms with E-state index >= 15 is 0 Å². The second kappa shape index (κ2) is 10.7. The van der Waals surface area contributed by atoms with Crippen molar-refractivity contribution >= 4 is 16.9 Å². The number of aliphatic imine (C=N–C) groups is 1. The van der Waals surface area contributed by atoms with Gasteiger partial charge in [-0.3, -0.25) is 4.99 Å². The van der Waals surface area contributed by atoms with Crippen LogP contribution in [0.25, 0.3) is 10.9 Å². The maximum Gasteiger partial charge on any atom is 0.191 e. The molecule has 1 atom stereocenters. The maximum absolute atomic E-state index is 10.7. The van der Waals surface area contributed by atoms with Gasteiger partial charge >= 0.3 is 0 Å². The van der Waals surface area contributed by atoms with Crippen molar-refractivity contribution in [3.8, 4) is 11.5 Å². The molecule has 3 aromatic rings. The second-order valence-corrected chi connectivity index (χ2v) is 7.33. The van der Waals surface area contributed by atoms with Gasteiger partial charge in [-0.2, -0.15) is 0 Å². The Morgan fingerprint density at radius 1 is 1.16 bits per heavy atom. The molecule has 7 heteroatoms. The summed E-state index contributed by atoms with van der Waals surface area (Å²) in [6.45, 7) is 5.79. The molecule has 0 saturated heterocycles. The standard InChI is InChI=1S/C24H32N4O3/c1-5-25-24(26-12-11-17-14-27-23-16(2)7-6-8-19(17)23)28-15-21(29)20-13-18(30-3)9-10-22(20)31-4/h6-10,13-14,21,27,29H,5,11-12,15H2,1-4H3,(H2,25,26,28). The Hall–Kier alpha value is -3.19. The van der Waals surface area contributed by atoms with Gasteiger partial charge in [0.1, 0.15) is 17.6 Å². The SMILES string of the molecule is CCNC(=NCC(O)c1cc(OC)ccc1OC)NCCc1c[nH]c2c(C)cccc12. The molecule has 2 aromatic carbocycles. The van der Waals surface area contributed by atoms with Crippen LogP contribution in [0.1, 0.15) is 29.7 Å².